The van der Waals surface area contributed by atoms with Gasteiger partial charge < -0.3 is 0 Å². The van der Waals surface area contributed by atoms with E-state index < -0.39 is 0 Å². The SMILES string of the molecule is CC/C=C(\N=NC)C(C)C. The maximum absolute atomic E-state index is 4.00. The zero-order valence-corrected chi connectivity index (χ0v) is 7.26. The van der Waals surface area contributed by atoms with E-state index in [2.05, 4.69) is 37.1 Å². The van der Waals surface area contributed by atoms with E-state index in [4.69, 9.17) is 0 Å². The predicted octanol–water partition coefficient (Wildman–Crippen LogP) is 3.02. The summed E-state index contributed by atoms with van der Waals surface area (Å²) < 4.78 is 0. The molecular formula is C8H16N2. The van der Waals surface area contributed by atoms with Crippen LogP contribution >= 0.6 is 0 Å². The summed E-state index contributed by atoms with van der Waals surface area (Å²) in [5, 5.41) is 7.73. The molecule has 0 N–H and O–H groups in total. The van der Waals surface area contributed by atoms with E-state index in [1.165, 1.54) is 0 Å². The second-order valence-corrected chi connectivity index (χ2v) is 2.49. The number of hydrogen-bond donors (Lipinski definition) is 0. The first kappa shape index (κ1) is 9.34. The van der Waals surface area contributed by atoms with Crippen molar-refractivity contribution in [2.75, 3.05) is 7.05 Å². The van der Waals surface area contributed by atoms with Crippen molar-refractivity contribution in [2.45, 2.75) is 27.2 Å². The lowest BCUT2D eigenvalue weighted by Gasteiger charge is -2.01. The zero-order valence-electron chi connectivity index (χ0n) is 7.26. The molecule has 0 bridgehead atoms. The fourth-order valence-corrected chi connectivity index (χ4v) is 0.717. The summed E-state index contributed by atoms with van der Waals surface area (Å²) in [7, 11) is 1.70. The molecule has 0 aromatic heterocycles. The van der Waals surface area contributed by atoms with Gasteiger partial charge in [0.1, 0.15) is 0 Å². The Balaban J connectivity index is 4.11. The summed E-state index contributed by atoms with van der Waals surface area (Å²) >= 11 is 0. The lowest BCUT2D eigenvalue weighted by Crippen LogP contribution is -1.89. The van der Waals surface area contributed by atoms with Gasteiger partial charge in [0.15, 0.2) is 0 Å². The smallest absolute Gasteiger partial charge is 0.0611 e. The molecule has 2 heteroatoms. The Labute approximate surface area is 63.1 Å². The van der Waals surface area contributed by atoms with Gasteiger partial charge in [-0.1, -0.05) is 26.8 Å². The standard InChI is InChI=1S/C8H16N2/c1-5-6-8(7(2)3)10-9-4/h6-7H,5H2,1-4H3/b8-6-,10-9?. The first-order valence-electron chi connectivity index (χ1n) is 3.72. The summed E-state index contributed by atoms with van der Waals surface area (Å²) in [5.74, 6) is 0.489. The Morgan fingerprint density at radius 1 is 1.50 bits per heavy atom. The molecule has 0 unspecified atom stereocenters. The highest BCUT2D eigenvalue weighted by Gasteiger charge is 1.98. The van der Waals surface area contributed by atoms with E-state index >= 15 is 0 Å². The molecule has 0 aromatic carbocycles. The van der Waals surface area contributed by atoms with Gasteiger partial charge in [0, 0.05) is 7.05 Å². The van der Waals surface area contributed by atoms with E-state index in [1.807, 2.05) is 0 Å². The van der Waals surface area contributed by atoms with Crippen LogP contribution in [0, 0.1) is 5.92 Å². The van der Waals surface area contributed by atoms with Gasteiger partial charge in [0.2, 0.25) is 0 Å². The number of hydrogen-bond acceptors (Lipinski definition) is 2. The van der Waals surface area contributed by atoms with E-state index in [0.29, 0.717) is 5.92 Å². The molecule has 0 aliphatic heterocycles. The molecule has 58 valence electrons. The molecule has 10 heavy (non-hydrogen) atoms. The van der Waals surface area contributed by atoms with Crippen molar-refractivity contribution in [1.82, 2.24) is 0 Å². The molecule has 0 saturated heterocycles. The van der Waals surface area contributed by atoms with Crippen molar-refractivity contribution < 1.29 is 0 Å². The summed E-state index contributed by atoms with van der Waals surface area (Å²) in [6.07, 6.45) is 3.14. The highest BCUT2D eigenvalue weighted by molar-refractivity contribution is 5.00. The van der Waals surface area contributed by atoms with Crippen LogP contribution in [0.4, 0.5) is 0 Å². The van der Waals surface area contributed by atoms with Gasteiger partial charge >= 0.3 is 0 Å². The van der Waals surface area contributed by atoms with Crippen molar-refractivity contribution in [3.8, 4) is 0 Å². The molecular weight excluding hydrogens is 124 g/mol. The van der Waals surface area contributed by atoms with Crippen molar-refractivity contribution in [1.29, 1.82) is 0 Å². The summed E-state index contributed by atoms with van der Waals surface area (Å²) in [6.45, 7) is 6.35. The van der Waals surface area contributed by atoms with E-state index in [9.17, 15) is 0 Å². The Kier molecular flexibility index (Phi) is 4.81. The summed E-state index contributed by atoms with van der Waals surface area (Å²) in [6, 6.07) is 0. The van der Waals surface area contributed by atoms with Gasteiger partial charge in [-0.25, -0.2) is 0 Å². The average Bonchev–Trinajstić information content (AvgIpc) is 1.87. The van der Waals surface area contributed by atoms with Crippen LogP contribution < -0.4 is 0 Å². The van der Waals surface area contributed by atoms with Gasteiger partial charge in [-0.3, -0.25) is 0 Å². The monoisotopic (exact) mass is 140 g/mol. The first-order valence-corrected chi connectivity index (χ1v) is 3.72. The molecule has 0 aromatic rings. The van der Waals surface area contributed by atoms with E-state index in [-0.39, 0.29) is 0 Å². The van der Waals surface area contributed by atoms with Crippen LogP contribution in [0.5, 0.6) is 0 Å². The second-order valence-electron chi connectivity index (χ2n) is 2.49. The molecule has 0 spiro atoms. The van der Waals surface area contributed by atoms with Gasteiger partial charge in [0.25, 0.3) is 0 Å². The molecule has 0 heterocycles. The number of nitrogens with zero attached hydrogens (tertiary/aromatic N) is 2. The maximum Gasteiger partial charge on any atom is 0.0611 e. The topological polar surface area (TPSA) is 24.7 Å². The van der Waals surface area contributed by atoms with E-state index in [0.717, 1.165) is 12.1 Å². The fraction of sp³-hybridized carbons (Fsp3) is 0.750. The van der Waals surface area contributed by atoms with E-state index in [1.54, 1.807) is 7.05 Å². The molecule has 2 nitrogen and oxygen atoms in total. The largest absolute Gasteiger partial charge is 0.192 e. The predicted molar refractivity (Wildman–Crippen MR) is 44.0 cm³/mol. The van der Waals surface area contributed by atoms with Gasteiger partial charge in [-0.05, 0) is 12.3 Å². The highest BCUT2D eigenvalue weighted by atomic mass is 15.1. The van der Waals surface area contributed by atoms with Gasteiger partial charge in [0.05, 0.1) is 5.70 Å². The average molecular weight is 140 g/mol. The van der Waals surface area contributed by atoms with Crippen LogP contribution in [0.15, 0.2) is 22.0 Å². The van der Waals surface area contributed by atoms with Gasteiger partial charge in [-0.15, -0.1) is 0 Å². The Morgan fingerprint density at radius 2 is 2.10 bits per heavy atom. The maximum atomic E-state index is 4.00. The van der Waals surface area contributed by atoms with Crippen LogP contribution in [0.1, 0.15) is 27.2 Å². The lowest BCUT2D eigenvalue weighted by molar-refractivity contribution is 0.732. The second kappa shape index (κ2) is 5.15. The molecule has 0 atom stereocenters. The van der Waals surface area contributed by atoms with Crippen LogP contribution in [-0.4, -0.2) is 7.05 Å². The molecule has 0 amide bonds. The Bertz CT molecular complexity index is 134. The molecule has 0 radical (unpaired) electrons. The molecule has 0 aliphatic rings. The lowest BCUT2D eigenvalue weighted by atomic mass is 10.1. The van der Waals surface area contributed by atoms with Crippen LogP contribution in [0.25, 0.3) is 0 Å². The quantitative estimate of drug-likeness (QED) is 0.538. The normalized spacial score (nSPS) is 13.5. The van der Waals surface area contributed by atoms with Crippen molar-refractivity contribution >= 4 is 0 Å². The minimum atomic E-state index is 0.489. The molecule has 0 rings (SSSR count). The summed E-state index contributed by atoms with van der Waals surface area (Å²) in [5.41, 5.74) is 1.09. The number of azo groups is 1. The van der Waals surface area contributed by atoms with Crippen molar-refractivity contribution in [3.63, 3.8) is 0 Å². The summed E-state index contributed by atoms with van der Waals surface area (Å²) in [4.78, 5) is 0. The third kappa shape index (κ3) is 3.38. The minimum Gasteiger partial charge on any atom is -0.192 e. The van der Waals surface area contributed by atoms with Crippen molar-refractivity contribution in [3.05, 3.63) is 11.8 Å². The third-order valence-electron chi connectivity index (χ3n) is 1.22. The van der Waals surface area contributed by atoms with Crippen LogP contribution in [0.2, 0.25) is 0 Å². The van der Waals surface area contributed by atoms with Crippen molar-refractivity contribution in [2.24, 2.45) is 16.1 Å². The zero-order chi connectivity index (χ0) is 7.98. The Hall–Kier alpha value is -0.660. The molecule has 0 fully saturated rings. The van der Waals surface area contributed by atoms with Gasteiger partial charge in [-0.2, -0.15) is 10.2 Å². The van der Waals surface area contributed by atoms with Crippen LogP contribution in [0.3, 0.4) is 0 Å². The molecule has 0 aliphatic carbocycles. The van der Waals surface area contributed by atoms with Crippen LogP contribution in [-0.2, 0) is 0 Å². The minimum absolute atomic E-state index is 0.489. The Morgan fingerprint density at radius 3 is 2.40 bits per heavy atom. The third-order valence-corrected chi connectivity index (χ3v) is 1.22. The number of allylic oxidation sites excluding steroid dienone is 2. The number of rotatable bonds is 3. The molecule has 0 saturated carbocycles. The fourth-order valence-electron chi connectivity index (χ4n) is 0.717. The highest BCUT2D eigenvalue weighted by Crippen LogP contribution is 2.11. The first-order chi connectivity index (χ1) is 4.72.